The van der Waals surface area contributed by atoms with E-state index >= 15 is 0 Å². The molecule has 3 aromatic carbocycles. The van der Waals surface area contributed by atoms with Gasteiger partial charge >= 0.3 is 0 Å². The van der Waals surface area contributed by atoms with Gasteiger partial charge in [0.1, 0.15) is 5.75 Å². The van der Waals surface area contributed by atoms with Gasteiger partial charge in [-0.1, -0.05) is 34.1 Å². The third kappa shape index (κ3) is 6.39. The lowest BCUT2D eigenvalue weighted by molar-refractivity contribution is -0.120. The second-order valence-electron chi connectivity index (χ2n) is 7.59. The minimum Gasteiger partial charge on any atom is -0.494 e. The maximum Gasteiger partial charge on any atom is 0.225 e. The number of rotatable bonds is 11. The maximum absolute atomic E-state index is 13.2. The van der Waals surface area contributed by atoms with E-state index in [1.54, 1.807) is 40.6 Å². The molecule has 0 spiro atoms. The summed E-state index contributed by atoms with van der Waals surface area (Å²) in [5.74, 6) is 2.94. The van der Waals surface area contributed by atoms with Crippen LogP contribution in [0, 0.1) is 0 Å². The molecule has 3 aromatic rings. The Morgan fingerprint density at radius 1 is 0.800 bits per heavy atom. The molecule has 1 atom stereocenters. The lowest BCUT2D eigenvalue weighted by Gasteiger charge is -2.22. The van der Waals surface area contributed by atoms with Gasteiger partial charge in [0.05, 0.1) is 47.5 Å². The third-order valence-corrected chi connectivity index (χ3v) is 6.21. The lowest BCUT2D eigenvalue weighted by atomic mass is 9.97. The number of carbonyl (C=O) groups excluding carboxylic acids is 1. The van der Waals surface area contributed by atoms with E-state index in [9.17, 15) is 4.79 Å². The molecule has 7 nitrogen and oxygen atoms in total. The molecule has 0 unspecified atom stereocenters. The fraction of sp³-hybridized carbons (Fsp3) is 0.296. The molecule has 0 saturated carbocycles. The van der Waals surface area contributed by atoms with Crippen LogP contribution in [0.25, 0.3) is 0 Å². The molecule has 0 aliphatic rings. The average Bonchev–Trinajstić information content (AvgIpc) is 2.88. The van der Waals surface area contributed by atoms with Gasteiger partial charge in [0, 0.05) is 4.47 Å². The van der Waals surface area contributed by atoms with Crippen LogP contribution in [0.5, 0.6) is 28.7 Å². The zero-order valence-corrected chi connectivity index (χ0v) is 22.1. The zero-order valence-electron chi connectivity index (χ0n) is 20.5. The van der Waals surface area contributed by atoms with Gasteiger partial charge in [0.15, 0.2) is 23.0 Å². The van der Waals surface area contributed by atoms with Crippen molar-refractivity contribution in [3.63, 3.8) is 0 Å². The van der Waals surface area contributed by atoms with E-state index in [2.05, 4.69) is 21.2 Å². The van der Waals surface area contributed by atoms with Gasteiger partial charge in [-0.15, -0.1) is 0 Å². The summed E-state index contributed by atoms with van der Waals surface area (Å²) in [6, 6.07) is 16.4. The minimum absolute atomic E-state index is 0.141. The van der Waals surface area contributed by atoms with Crippen molar-refractivity contribution < 1.29 is 28.5 Å². The highest BCUT2D eigenvalue weighted by Gasteiger charge is 2.21. The number of methoxy groups -OCH3 is 4. The van der Waals surface area contributed by atoms with Crippen molar-refractivity contribution in [2.24, 2.45) is 0 Å². The first-order valence-corrected chi connectivity index (χ1v) is 11.9. The van der Waals surface area contributed by atoms with Crippen LogP contribution >= 0.6 is 15.9 Å². The fourth-order valence-electron chi connectivity index (χ4n) is 3.73. The normalized spacial score (nSPS) is 11.4. The number of benzene rings is 3. The van der Waals surface area contributed by atoms with Gasteiger partial charge in [-0.2, -0.15) is 0 Å². The minimum atomic E-state index is -0.420. The van der Waals surface area contributed by atoms with Crippen LogP contribution in [-0.4, -0.2) is 41.0 Å². The highest BCUT2D eigenvalue weighted by Crippen LogP contribution is 2.35. The summed E-state index contributed by atoms with van der Waals surface area (Å²) in [6.07, 6.45) is 0.141. The maximum atomic E-state index is 13.2. The van der Waals surface area contributed by atoms with Crippen molar-refractivity contribution in [1.29, 1.82) is 0 Å². The smallest absolute Gasteiger partial charge is 0.225 e. The highest BCUT2D eigenvalue weighted by molar-refractivity contribution is 9.10. The Balaban J connectivity index is 1.93. The second-order valence-corrected chi connectivity index (χ2v) is 8.45. The number of hydrogen-bond acceptors (Lipinski definition) is 6. The molecule has 0 aromatic heterocycles. The first-order valence-electron chi connectivity index (χ1n) is 11.1. The molecule has 186 valence electrons. The molecule has 0 heterocycles. The molecule has 0 bridgehead atoms. The van der Waals surface area contributed by atoms with Crippen molar-refractivity contribution in [2.75, 3.05) is 35.0 Å². The molecule has 35 heavy (non-hydrogen) atoms. The average molecular weight is 544 g/mol. The van der Waals surface area contributed by atoms with Gasteiger partial charge in [0.2, 0.25) is 5.91 Å². The molecule has 0 fully saturated rings. The van der Waals surface area contributed by atoms with Crippen LogP contribution in [0.1, 0.15) is 29.7 Å². The Labute approximate surface area is 214 Å². The molecular formula is C27H30BrNO6. The number of nitrogens with one attached hydrogen (secondary N) is 1. The molecule has 0 aliphatic heterocycles. The number of carbonyl (C=O) groups is 1. The Hall–Kier alpha value is -3.39. The van der Waals surface area contributed by atoms with Crippen molar-refractivity contribution in [3.05, 3.63) is 75.8 Å². The van der Waals surface area contributed by atoms with Crippen LogP contribution in [0.3, 0.4) is 0 Å². The van der Waals surface area contributed by atoms with Gasteiger partial charge in [0.25, 0.3) is 0 Å². The second kappa shape index (κ2) is 12.4. The third-order valence-electron chi connectivity index (χ3n) is 5.47. The molecule has 1 amide bonds. The first kappa shape index (κ1) is 26.2. The van der Waals surface area contributed by atoms with Gasteiger partial charge < -0.3 is 29.0 Å². The first-order chi connectivity index (χ1) is 16.9. The Bertz CT molecular complexity index is 1150. The highest BCUT2D eigenvalue weighted by atomic mass is 79.9. The monoisotopic (exact) mass is 543 g/mol. The Morgan fingerprint density at radius 3 is 1.97 bits per heavy atom. The summed E-state index contributed by atoms with van der Waals surface area (Å²) >= 11 is 3.53. The summed E-state index contributed by atoms with van der Waals surface area (Å²) in [5, 5.41) is 3.16. The predicted molar refractivity (Wildman–Crippen MR) is 138 cm³/mol. The van der Waals surface area contributed by atoms with Crippen LogP contribution in [0.2, 0.25) is 0 Å². The predicted octanol–water partition coefficient (Wildman–Crippen LogP) is 5.33. The summed E-state index contributed by atoms with van der Waals surface area (Å²) in [7, 11) is 6.31. The largest absolute Gasteiger partial charge is 0.494 e. The molecule has 8 heteroatoms. The van der Waals surface area contributed by atoms with E-state index in [1.807, 2.05) is 49.4 Å². The van der Waals surface area contributed by atoms with Crippen LogP contribution < -0.4 is 29.0 Å². The Morgan fingerprint density at radius 2 is 1.37 bits per heavy atom. The van der Waals surface area contributed by atoms with Crippen molar-refractivity contribution in [3.8, 4) is 28.7 Å². The molecule has 1 N–H and O–H groups in total. The summed E-state index contributed by atoms with van der Waals surface area (Å²) < 4.78 is 27.9. The zero-order chi connectivity index (χ0) is 25.4. The summed E-state index contributed by atoms with van der Waals surface area (Å²) in [4.78, 5) is 13.2. The molecule has 0 aliphatic carbocycles. The van der Waals surface area contributed by atoms with Crippen LogP contribution in [0.4, 0.5) is 0 Å². The van der Waals surface area contributed by atoms with E-state index in [-0.39, 0.29) is 12.3 Å². The summed E-state index contributed by atoms with van der Waals surface area (Å²) in [6.45, 7) is 2.52. The van der Waals surface area contributed by atoms with Crippen molar-refractivity contribution in [2.45, 2.75) is 19.4 Å². The number of halogens is 1. The lowest BCUT2D eigenvalue weighted by Crippen LogP contribution is -2.30. The van der Waals surface area contributed by atoms with Gasteiger partial charge in [-0.3, -0.25) is 4.79 Å². The van der Waals surface area contributed by atoms with E-state index in [0.29, 0.717) is 29.6 Å². The van der Waals surface area contributed by atoms with Crippen LogP contribution in [0.15, 0.2) is 59.1 Å². The number of ether oxygens (including phenoxy) is 5. The molecule has 0 radical (unpaired) electrons. The summed E-state index contributed by atoms with van der Waals surface area (Å²) in [5.41, 5.74) is 2.53. The van der Waals surface area contributed by atoms with Crippen LogP contribution in [-0.2, 0) is 11.2 Å². The van der Waals surface area contributed by atoms with Gasteiger partial charge in [-0.25, -0.2) is 0 Å². The van der Waals surface area contributed by atoms with E-state index in [1.165, 1.54) is 0 Å². The van der Waals surface area contributed by atoms with E-state index < -0.39 is 6.04 Å². The van der Waals surface area contributed by atoms with Crippen molar-refractivity contribution in [1.82, 2.24) is 5.32 Å². The number of hydrogen-bond donors (Lipinski definition) is 1. The topological polar surface area (TPSA) is 75.3 Å². The van der Waals surface area contributed by atoms with E-state index in [4.69, 9.17) is 23.7 Å². The van der Waals surface area contributed by atoms with Gasteiger partial charge in [-0.05, 0) is 60.0 Å². The van der Waals surface area contributed by atoms with Crippen molar-refractivity contribution >= 4 is 21.8 Å². The fourth-order valence-corrected chi connectivity index (χ4v) is 4.19. The Kier molecular flexibility index (Phi) is 9.25. The SMILES string of the molecule is CCOc1ccc([C@H](NC(=O)Cc2cc(OC)c(OC)cc2Br)c2ccc(OC)c(OC)c2)cc1. The molecular weight excluding hydrogens is 514 g/mol. The standard InChI is InChI=1S/C27H30BrNO6/c1-6-35-20-10-7-17(8-11-20)27(18-9-12-22(31-2)23(13-18)32-3)29-26(30)15-19-14-24(33-4)25(34-5)16-21(19)28/h7-14,16,27H,6,15H2,1-5H3,(H,29,30)/t27-/m0/s1. The van der Waals surface area contributed by atoms with E-state index in [0.717, 1.165) is 26.9 Å². The molecule has 3 rings (SSSR count). The quantitative estimate of drug-likeness (QED) is 0.352. The molecule has 0 saturated heterocycles. The number of amides is 1.